The number of hydrogen-bond acceptors (Lipinski definition) is 14. The summed E-state index contributed by atoms with van der Waals surface area (Å²) in [6.45, 7) is 9.70. The van der Waals surface area contributed by atoms with Crippen molar-refractivity contribution in [2.45, 2.75) is 95.7 Å². The SMILES string of the molecule is CNC(=O)COc1cc2cc(Nc3nc(N4CCC(OC5CC(N6CCN(c7ccc8c(c7)C(=O)N(C7CCC(=O)NC7=O)C8=O)[C@@H](C)C6)C5)CC4)ncc3Cl)ccc2n(C(C)C)c1=O. The van der Waals surface area contributed by atoms with Crippen molar-refractivity contribution in [3.63, 3.8) is 0 Å². The number of anilines is 4. The van der Waals surface area contributed by atoms with Crippen molar-refractivity contribution in [1.82, 2.24) is 35.0 Å². The van der Waals surface area contributed by atoms with Crippen LogP contribution in [0.25, 0.3) is 10.9 Å². The summed E-state index contributed by atoms with van der Waals surface area (Å²) in [6.07, 6.45) is 5.79. The molecule has 19 heteroatoms. The van der Waals surface area contributed by atoms with E-state index in [0.717, 1.165) is 79.9 Å². The maximum Gasteiger partial charge on any atom is 0.293 e. The Kier molecular flexibility index (Phi) is 12.2. The van der Waals surface area contributed by atoms with Gasteiger partial charge in [0.25, 0.3) is 23.3 Å². The van der Waals surface area contributed by atoms with Crippen molar-refractivity contribution in [3.8, 4) is 5.75 Å². The van der Waals surface area contributed by atoms with Crippen molar-refractivity contribution in [2.75, 3.05) is 61.5 Å². The first-order chi connectivity index (χ1) is 31.3. The maximum absolute atomic E-state index is 13.4. The van der Waals surface area contributed by atoms with E-state index in [1.165, 1.54) is 7.05 Å². The highest BCUT2D eigenvalue weighted by molar-refractivity contribution is 6.33. The van der Waals surface area contributed by atoms with Gasteiger partial charge in [0.2, 0.25) is 17.8 Å². The van der Waals surface area contributed by atoms with Crippen molar-refractivity contribution >= 4 is 75.2 Å². The predicted molar refractivity (Wildman–Crippen MR) is 243 cm³/mol. The molecule has 1 aliphatic carbocycles. The number of imide groups is 2. The zero-order chi connectivity index (χ0) is 45.7. The van der Waals surface area contributed by atoms with Gasteiger partial charge in [-0.1, -0.05) is 11.6 Å². The number of ether oxygens (including phenoxy) is 2. The third-order valence-corrected chi connectivity index (χ3v) is 13.5. The molecule has 6 heterocycles. The van der Waals surface area contributed by atoms with E-state index in [1.807, 2.05) is 38.1 Å². The van der Waals surface area contributed by atoms with Crippen molar-refractivity contribution in [1.29, 1.82) is 0 Å². The summed E-state index contributed by atoms with van der Waals surface area (Å²) in [5.74, 6) is -1.24. The Balaban J connectivity index is 0.755. The summed E-state index contributed by atoms with van der Waals surface area (Å²) in [7, 11) is 1.51. The van der Waals surface area contributed by atoms with Crippen LogP contribution < -0.4 is 36.0 Å². The molecule has 5 aliphatic rings. The fraction of sp³-hybridized carbons (Fsp3) is 0.478. The Labute approximate surface area is 380 Å². The lowest BCUT2D eigenvalue weighted by Gasteiger charge is -2.49. The van der Waals surface area contributed by atoms with Crippen LogP contribution in [0.1, 0.15) is 86.1 Å². The molecule has 2 atom stereocenters. The molecule has 0 radical (unpaired) electrons. The largest absolute Gasteiger partial charge is 0.478 e. The molecule has 1 saturated carbocycles. The summed E-state index contributed by atoms with van der Waals surface area (Å²) >= 11 is 6.60. The molecule has 2 aromatic carbocycles. The molecule has 4 aromatic rings. The van der Waals surface area contributed by atoms with Crippen molar-refractivity contribution < 1.29 is 33.4 Å². The van der Waals surface area contributed by atoms with Crippen molar-refractivity contribution in [2.24, 2.45) is 0 Å². The van der Waals surface area contributed by atoms with E-state index in [0.29, 0.717) is 34.1 Å². The van der Waals surface area contributed by atoms with Gasteiger partial charge in [-0.15, -0.1) is 0 Å². The summed E-state index contributed by atoms with van der Waals surface area (Å²) in [4.78, 5) is 93.2. The number of carbonyl (C=O) groups excluding carboxylic acids is 5. The van der Waals surface area contributed by atoms with E-state index in [9.17, 15) is 28.8 Å². The average molecular weight is 909 g/mol. The predicted octanol–water partition coefficient (Wildman–Crippen LogP) is 4.02. The normalized spacial score (nSPS) is 22.9. The number of rotatable bonds is 12. The number of likely N-dealkylation sites (N-methyl/N-ethyl adjacent to an activating group) is 1. The van der Waals surface area contributed by atoms with Gasteiger partial charge in [0, 0.05) is 81.1 Å². The van der Waals surface area contributed by atoms with Crippen molar-refractivity contribution in [3.05, 3.63) is 75.2 Å². The summed E-state index contributed by atoms with van der Waals surface area (Å²) in [5.41, 5.74) is 2.56. The zero-order valence-corrected chi connectivity index (χ0v) is 37.6. The topological polar surface area (TPSA) is 201 Å². The van der Waals surface area contributed by atoms with E-state index >= 15 is 0 Å². The number of nitrogens with one attached hydrogen (secondary N) is 3. The van der Waals surface area contributed by atoms with Gasteiger partial charge < -0.3 is 34.5 Å². The zero-order valence-electron chi connectivity index (χ0n) is 36.8. The van der Waals surface area contributed by atoms with E-state index < -0.39 is 29.7 Å². The van der Waals surface area contributed by atoms with E-state index in [1.54, 1.807) is 29.0 Å². The van der Waals surface area contributed by atoms with Crippen LogP contribution in [0.5, 0.6) is 5.75 Å². The molecule has 5 amide bonds. The average Bonchev–Trinajstić information content (AvgIpc) is 3.52. The van der Waals surface area contributed by atoms with Gasteiger partial charge in [-0.25, -0.2) is 4.98 Å². The fourth-order valence-corrected chi connectivity index (χ4v) is 9.85. The highest BCUT2D eigenvalue weighted by Crippen LogP contribution is 2.36. The minimum atomic E-state index is -0.989. The van der Waals surface area contributed by atoms with E-state index in [-0.39, 0.29) is 66.5 Å². The standard InChI is InChI=1S/C46H53ClN10O8/c1-25(2)56-36-8-5-28(17-27(36)18-38(45(56)63)64-24-40(59)48-4)50-41-35(47)22-49-46(52-41)53-13-11-31(12-14-53)65-32-19-30(20-32)54-15-16-55(26(3)23-54)29-6-7-33-34(21-29)44(62)57(43(33)61)37-9-10-39(58)51-42(37)60/h5-8,17-18,21-22,25-26,30-32,37H,9-16,19-20,23-24H2,1-4H3,(H,48,59)(H,49,50,52)(H,51,58,60)/t26-,30?,32?,37?/m0/s1. The van der Waals surface area contributed by atoms with Crippen LogP contribution in [0.2, 0.25) is 5.02 Å². The van der Waals surface area contributed by atoms with Gasteiger partial charge in [0.05, 0.1) is 35.0 Å². The lowest BCUT2D eigenvalue weighted by Crippen LogP contribution is -2.59. The second kappa shape index (κ2) is 18.0. The number of benzene rings is 2. The highest BCUT2D eigenvalue weighted by Gasteiger charge is 2.45. The van der Waals surface area contributed by atoms with Gasteiger partial charge in [0.15, 0.2) is 18.2 Å². The van der Waals surface area contributed by atoms with E-state index in [2.05, 4.69) is 42.6 Å². The van der Waals surface area contributed by atoms with Gasteiger partial charge in [-0.3, -0.25) is 43.9 Å². The number of hydrogen-bond donors (Lipinski definition) is 3. The van der Waals surface area contributed by atoms with Gasteiger partial charge in [-0.05, 0) is 95.3 Å². The van der Waals surface area contributed by atoms with Crippen LogP contribution in [0, 0.1) is 0 Å². The summed E-state index contributed by atoms with van der Waals surface area (Å²) in [6, 6.07) is 12.1. The second-order valence-electron chi connectivity index (χ2n) is 17.8. The molecule has 0 spiro atoms. The number of amides is 5. The second-order valence-corrected chi connectivity index (χ2v) is 18.2. The minimum absolute atomic E-state index is 0.0812. The quantitative estimate of drug-likeness (QED) is 0.172. The number of halogens is 1. The van der Waals surface area contributed by atoms with Crippen LogP contribution in [0.4, 0.5) is 23.1 Å². The first-order valence-electron chi connectivity index (χ1n) is 22.3. The molecule has 4 fully saturated rings. The Morgan fingerprint density at radius 1 is 0.938 bits per heavy atom. The number of aromatic nitrogens is 3. The van der Waals surface area contributed by atoms with Crippen LogP contribution in [0.15, 0.2) is 53.5 Å². The number of pyridine rings is 1. The molecule has 3 N–H and O–H groups in total. The number of piperazine rings is 1. The molecule has 65 heavy (non-hydrogen) atoms. The van der Waals surface area contributed by atoms with Gasteiger partial charge in [0.1, 0.15) is 11.1 Å². The third-order valence-electron chi connectivity index (χ3n) is 13.3. The van der Waals surface area contributed by atoms with Crippen LogP contribution >= 0.6 is 11.6 Å². The molecule has 3 saturated heterocycles. The van der Waals surface area contributed by atoms with Crippen LogP contribution in [0.3, 0.4) is 0 Å². The highest BCUT2D eigenvalue weighted by atomic mass is 35.5. The minimum Gasteiger partial charge on any atom is -0.478 e. The number of fused-ring (bicyclic) bond motifs is 2. The monoisotopic (exact) mass is 908 g/mol. The lowest BCUT2D eigenvalue weighted by molar-refractivity contribution is -0.136. The lowest BCUT2D eigenvalue weighted by atomic mass is 9.86. The fourth-order valence-electron chi connectivity index (χ4n) is 9.71. The molecular weight excluding hydrogens is 856 g/mol. The summed E-state index contributed by atoms with van der Waals surface area (Å²) in [5, 5.41) is 9.18. The number of carbonyl (C=O) groups is 5. The molecule has 9 rings (SSSR count). The van der Waals surface area contributed by atoms with Crippen LogP contribution in [-0.4, -0.2) is 131 Å². The van der Waals surface area contributed by atoms with Gasteiger partial charge >= 0.3 is 0 Å². The Morgan fingerprint density at radius 2 is 1.71 bits per heavy atom. The smallest absolute Gasteiger partial charge is 0.293 e. The number of nitrogens with zero attached hydrogens (tertiary/aromatic N) is 7. The Morgan fingerprint density at radius 3 is 2.43 bits per heavy atom. The molecule has 342 valence electrons. The van der Waals surface area contributed by atoms with Gasteiger partial charge in [-0.2, -0.15) is 4.98 Å². The molecule has 0 bridgehead atoms. The first-order valence-corrected chi connectivity index (χ1v) is 22.7. The number of piperidine rings is 2. The first kappa shape index (κ1) is 44.1. The Bertz CT molecular complexity index is 2630. The summed E-state index contributed by atoms with van der Waals surface area (Å²) < 4.78 is 13.9. The maximum atomic E-state index is 13.4. The molecule has 1 unspecified atom stereocenters. The molecular formula is C46H53ClN10O8. The van der Waals surface area contributed by atoms with Crippen LogP contribution in [-0.2, 0) is 19.1 Å². The van der Waals surface area contributed by atoms with E-state index in [4.69, 9.17) is 26.1 Å². The molecule has 2 aromatic heterocycles. The third kappa shape index (κ3) is 8.73. The Hall–Kier alpha value is -6.11. The molecule has 4 aliphatic heterocycles. The molecule has 18 nitrogen and oxygen atoms in total.